The normalized spacial score (nSPS) is 18.7. The molecular weight excluding hydrogens is 180 g/mol. The number of cyclic esters (lactones) is 1. The number of carbonyl (C=O) groups is 2. The molecule has 2 rings (SSSR count). The van der Waals surface area contributed by atoms with Crippen LogP contribution in [0.15, 0.2) is 35.9 Å². The number of benzene rings is 1. The summed E-state index contributed by atoms with van der Waals surface area (Å²) in [5.74, 6) is -1.29. The molecule has 70 valence electrons. The Hall–Kier alpha value is -1.90. The van der Waals surface area contributed by atoms with Crippen LogP contribution in [-0.2, 0) is 14.3 Å². The molecule has 3 heteroatoms. The van der Waals surface area contributed by atoms with E-state index in [0.29, 0.717) is 5.57 Å². The summed E-state index contributed by atoms with van der Waals surface area (Å²) in [5, 5.41) is 0. The number of Topliss-reactive ketones (excluding diaryl/α,β-unsaturated/α-hetero) is 1. The number of carbonyl (C=O) groups excluding carboxylic acids is 2. The fourth-order valence-corrected chi connectivity index (χ4v) is 1.26. The van der Waals surface area contributed by atoms with Crippen LogP contribution in [0.5, 0.6) is 0 Å². The molecule has 1 aromatic carbocycles. The average Bonchev–Trinajstić information content (AvgIpc) is 2.52. The zero-order valence-electron chi connectivity index (χ0n) is 7.40. The highest BCUT2D eigenvalue weighted by atomic mass is 16.5. The predicted molar refractivity (Wildman–Crippen MR) is 50.4 cm³/mol. The van der Waals surface area contributed by atoms with Crippen molar-refractivity contribution < 1.29 is 14.3 Å². The quantitative estimate of drug-likeness (QED) is 0.378. The molecule has 0 saturated carbocycles. The second-order valence-corrected chi connectivity index (χ2v) is 2.99. The Morgan fingerprint density at radius 3 is 2.43 bits per heavy atom. The standard InChI is InChI=1S/C11H8O3/c12-10-9(7-14-11(10)13)6-8-4-2-1-3-5-8/h1-6H,7H2/b9-6-. The predicted octanol–water partition coefficient (Wildman–Crippen LogP) is 1.20. The van der Waals surface area contributed by atoms with Gasteiger partial charge in [0.25, 0.3) is 5.78 Å². The first-order valence-corrected chi connectivity index (χ1v) is 4.24. The third-order valence-corrected chi connectivity index (χ3v) is 1.98. The van der Waals surface area contributed by atoms with Crippen molar-refractivity contribution in [2.75, 3.05) is 6.61 Å². The Kier molecular flexibility index (Phi) is 2.14. The SMILES string of the molecule is O=C1OC/C(=C/c2ccccc2)C1=O. The molecule has 3 nitrogen and oxygen atoms in total. The fourth-order valence-electron chi connectivity index (χ4n) is 1.26. The molecule has 0 amide bonds. The first-order chi connectivity index (χ1) is 6.77. The topological polar surface area (TPSA) is 43.4 Å². The Morgan fingerprint density at radius 1 is 1.14 bits per heavy atom. The van der Waals surface area contributed by atoms with Crippen LogP contribution in [0.1, 0.15) is 5.56 Å². The van der Waals surface area contributed by atoms with Gasteiger partial charge in [-0.25, -0.2) is 4.79 Å². The smallest absolute Gasteiger partial charge is 0.379 e. The average molecular weight is 188 g/mol. The molecule has 1 heterocycles. The van der Waals surface area contributed by atoms with Gasteiger partial charge in [-0.1, -0.05) is 30.3 Å². The highest BCUT2D eigenvalue weighted by Crippen LogP contribution is 2.13. The second kappa shape index (κ2) is 3.46. The summed E-state index contributed by atoms with van der Waals surface area (Å²) in [6.07, 6.45) is 1.67. The maximum absolute atomic E-state index is 11.2. The first kappa shape index (κ1) is 8.69. The van der Waals surface area contributed by atoms with Crippen LogP contribution >= 0.6 is 0 Å². The Balaban J connectivity index is 2.28. The van der Waals surface area contributed by atoms with Gasteiger partial charge in [-0.3, -0.25) is 4.79 Å². The number of ketones is 1. The summed E-state index contributed by atoms with van der Waals surface area (Å²) in [6, 6.07) is 9.36. The molecule has 0 bridgehead atoms. The lowest BCUT2D eigenvalue weighted by molar-refractivity contribution is -0.146. The van der Waals surface area contributed by atoms with Crippen molar-refractivity contribution >= 4 is 17.8 Å². The van der Waals surface area contributed by atoms with E-state index in [1.54, 1.807) is 6.08 Å². The van der Waals surface area contributed by atoms with E-state index in [0.717, 1.165) is 5.56 Å². The lowest BCUT2D eigenvalue weighted by Crippen LogP contribution is -2.05. The van der Waals surface area contributed by atoms with Gasteiger partial charge >= 0.3 is 5.97 Å². The minimum absolute atomic E-state index is 0.0898. The molecule has 0 aliphatic carbocycles. The monoisotopic (exact) mass is 188 g/mol. The zero-order valence-corrected chi connectivity index (χ0v) is 7.40. The van der Waals surface area contributed by atoms with Gasteiger partial charge in [0.1, 0.15) is 6.61 Å². The van der Waals surface area contributed by atoms with Crippen molar-refractivity contribution in [2.24, 2.45) is 0 Å². The van der Waals surface area contributed by atoms with Crippen molar-refractivity contribution in [3.8, 4) is 0 Å². The van der Waals surface area contributed by atoms with Gasteiger partial charge in [-0.15, -0.1) is 0 Å². The zero-order chi connectivity index (χ0) is 9.97. The van der Waals surface area contributed by atoms with Gasteiger partial charge in [-0.2, -0.15) is 0 Å². The van der Waals surface area contributed by atoms with Gasteiger partial charge in [0.15, 0.2) is 0 Å². The number of esters is 1. The summed E-state index contributed by atoms with van der Waals surface area (Å²) in [5.41, 5.74) is 1.32. The minimum atomic E-state index is -0.757. The molecule has 1 aliphatic rings. The van der Waals surface area contributed by atoms with Crippen LogP contribution in [0.3, 0.4) is 0 Å². The van der Waals surface area contributed by atoms with Crippen molar-refractivity contribution in [2.45, 2.75) is 0 Å². The largest absolute Gasteiger partial charge is 0.455 e. The number of ether oxygens (including phenoxy) is 1. The molecule has 0 radical (unpaired) electrons. The van der Waals surface area contributed by atoms with E-state index in [1.165, 1.54) is 0 Å². The van der Waals surface area contributed by atoms with Crippen LogP contribution < -0.4 is 0 Å². The maximum Gasteiger partial charge on any atom is 0.379 e. The second-order valence-electron chi connectivity index (χ2n) is 2.99. The molecule has 14 heavy (non-hydrogen) atoms. The van der Waals surface area contributed by atoms with Gasteiger partial charge in [0.05, 0.1) is 0 Å². The molecule has 1 saturated heterocycles. The van der Waals surface area contributed by atoms with E-state index in [9.17, 15) is 9.59 Å². The van der Waals surface area contributed by atoms with Crippen molar-refractivity contribution in [1.29, 1.82) is 0 Å². The van der Waals surface area contributed by atoms with Crippen LogP contribution in [0, 0.1) is 0 Å². The molecule has 0 unspecified atom stereocenters. The van der Waals surface area contributed by atoms with Crippen LogP contribution in [0.2, 0.25) is 0 Å². The molecule has 0 spiro atoms. The maximum atomic E-state index is 11.2. The van der Waals surface area contributed by atoms with Gasteiger partial charge < -0.3 is 4.74 Å². The van der Waals surface area contributed by atoms with Gasteiger partial charge in [0, 0.05) is 5.57 Å². The Bertz CT molecular complexity index is 404. The lowest BCUT2D eigenvalue weighted by Gasteiger charge is -1.92. The minimum Gasteiger partial charge on any atom is -0.455 e. The van der Waals surface area contributed by atoms with Crippen molar-refractivity contribution in [3.05, 3.63) is 41.5 Å². The number of rotatable bonds is 1. The molecule has 1 aromatic rings. The number of hydrogen-bond acceptors (Lipinski definition) is 3. The lowest BCUT2D eigenvalue weighted by atomic mass is 10.1. The molecule has 0 atom stereocenters. The van der Waals surface area contributed by atoms with Gasteiger partial charge in [-0.05, 0) is 11.6 Å². The summed E-state index contributed by atoms with van der Waals surface area (Å²) in [4.78, 5) is 21.9. The third kappa shape index (κ3) is 1.57. The summed E-state index contributed by atoms with van der Waals surface area (Å²) in [7, 11) is 0. The molecular formula is C11H8O3. The Morgan fingerprint density at radius 2 is 1.86 bits per heavy atom. The molecule has 1 aliphatic heterocycles. The van der Waals surface area contributed by atoms with E-state index in [2.05, 4.69) is 4.74 Å². The highest BCUT2D eigenvalue weighted by molar-refractivity contribution is 6.43. The highest BCUT2D eigenvalue weighted by Gasteiger charge is 2.28. The van der Waals surface area contributed by atoms with Crippen molar-refractivity contribution in [3.63, 3.8) is 0 Å². The van der Waals surface area contributed by atoms with Crippen molar-refractivity contribution in [1.82, 2.24) is 0 Å². The van der Waals surface area contributed by atoms with Crippen LogP contribution in [0.25, 0.3) is 6.08 Å². The van der Waals surface area contributed by atoms with E-state index in [-0.39, 0.29) is 6.61 Å². The summed E-state index contributed by atoms with van der Waals surface area (Å²) >= 11 is 0. The van der Waals surface area contributed by atoms with Crippen LogP contribution in [0.4, 0.5) is 0 Å². The Labute approximate surface area is 81.0 Å². The molecule has 0 N–H and O–H groups in total. The van der Waals surface area contributed by atoms with Gasteiger partial charge in [0.2, 0.25) is 0 Å². The van der Waals surface area contributed by atoms with E-state index in [1.807, 2.05) is 30.3 Å². The molecule has 1 fully saturated rings. The van der Waals surface area contributed by atoms with E-state index < -0.39 is 11.8 Å². The summed E-state index contributed by atoms with van der Waals surface area (Å²) < 4.78 is 4.59. The summed E-state index contributed by atoms with van der Waals surface area (Å²) in [6.45, 7) is 0.0898. The fraction of sp³-hybridized carbons (Fsp3) is 0.0909. The first-order valence-electron chi connectivity index (χ1n) is 4.24. The number of hydrogen-bond donors (Lipinski definition) is 0. The van der Waals surface area contributed by atoms with E-state index >= 15 is 0 Å². The van der Waals surface area contributed by atoms with Crippen LogP contribution in [-0.4, -0.2) is 18.4 Å². The third-order valence-electron chi connectivity index (χ3n) is 1.98. The van der Waals surface area contributed by atoms with E-state index in [4.69, 9.17) is 0 Å². The molecule has 0 aromatic heterocycles.